The highest BCUT2D eigenvalue weighted by atomic mass is 16.5. The lowest BCUT2D eigenvalue weighted by molar-refractivity contribution is -0.190. The zero-order valence-corrected chi connectivity index (χ0v) is 16.1. The van der Waals surface area contributed by atoms with Crippen LogP contribution in [0.1, 0.15) is 67.2 Å². The highest BCUT2D eigenvalue weighted by molar-refractivity contribution is 5.88. The van der Waals surface area contributed by atoms with Crippen molar-refractivity contribution in [3.8, 4) is 0 Å². The van der Waals surface area contributed by atoms with Gasteiger partial charge < -0.3 is 9.64 Å². The lowest BCUT2D eigenvalue weighted by atomic mass is 9.45. The van der Waals surface area contributed by atoms with Gasteiger partial charge in [-0.2, -0.15) is 0 Å². The molecule has 4 nitrogen and oxygen atoms in total. The van der Waals surface area contributed by atoms with Crippen molar-refractivity contribution in [3.63, 3.8) is 0 Å². The number of esters is 1. The van der Waals surface area contributed by atoms with Gasteiger partial charge in [0.25, 0.3) is 0 Å². The average molecular weight is 335 g/mol. The van der Waals surface area contributed by atoms with Gasteiger partial charge in [0, 0.05) is 12.0 Å². The smallest absolute Gasteiger partial charge is 0.329 e. The van der Waals surface area contributed by atoms with E-state index in [1.54, 1.807) is 4.90 Å². The molecule has 4 fully saturated rings. The molecule has 4 rings (SSSR count). The Hall–Kier alpha value is -1.06. The molecule has 4 heteroatoms. The fourth-order valence-electron chi connectivity index (χ4n) is 5.17. The lowest BCUT2D eigenvalue weighted by Gasteiger charge is -2.61. The minimum absolute atomic E-state index is 0.0291. The fraction of sp³-hybridized carbons (Fsp3) is 0.900. The molecule has 3 saturated carbocycles. The molecule has 0 aromatic heterocycles. The topological polar surface area (TPSA) is 46.6 Å². The number of carbonyl (C=O) groups excluding carboxylic acids is 2. The highest BCUT2D eigenvalue weighted by Crippen LogP contribution is 2.61. The molecule has 0 aromatic carbocycles. The van der Waals surface area contributed by atoms with Gasteiger partial charge in [-0.25, -0.2) is 4.79 Å². The van der Waals surface area contributed by atoms with Crippen LogP contribution in [-0.4, -0.2) is 35.5 Å². The molecule has 1 saturated heterocycles. The Labute approximate surface area is 146 Å². The summed E-state index contributed by atoms with van der Waals surface area (Å²) in [6, 6.07) is -0.379. The summed E-state index contributed by atoms with van der Waals surface area (Å²) in [5.41, 5.74) is -0.0590. The van der Waals surface area contributed by atoms with Crippen molar-refractivity contribution in [1.29, 1.82) is 0 Å². The first-order valence-corrected chi connectivity index (χ1v) is 9.55. The number of fused-ring (bicyclic) bond motifs is 2. The number of hydrogen-bond donors (Lipinski definition) is 0. The van der Waals surface area contributed by atoms with E-state index in [9.17, 15) is 9.59 Å². The molecule has 24 heavy (non-hydrogen) atoms. The van der Waals surface area contributed by atoms with E-state index in [0.717, 1.165) is 19.3 Å². The van der Waals surface area contributed by atoms with Crippen LogP contribution in [0.5, 0.6) is 0 Å². The van der Waals surface area contributed by atoms with E-state index >= 15 is 0 Å². The van der Waals surface area contributed by atoms with Gasteiger partial charge >= 0.3 is 5.97 Å². The molecule has 3 aliphatic carbocycles. The van der Waals surface area contributed by atoms with Crippen LogP contribution in [0.25, 0.3) is 0 Å². The molecule has 0 N–H and O–H groups in total. The average Bonchev–Trinajstić information content (AvgIpc) is 2.96. The molecule has 0 radical (unpaired) electrons. The van der Waals surface area contributed by atoms with Crippen molar-refractivity contribution >= 4 is 11.9 Å². The van der Waals surface area contributed by atoms with Crippen molar-refractivity contribution in [2.24, 2.45) is 28.6 Å². The van der Waals surface area contributed by atoms with Gasteiger partial charge in [-0.15, -0.1) is 0 Å². The quantitative estimate of drug-likeness (QED) is 0.724. The first kappa shape index (κ1) is 17.8. The minimum atomic E-state index is -0.452. The highest BCUT2D eigenvalue weighted by Gasteiger charge is 2.57. The largest absolute Gasteiger partial charge is 0.461 e. The van der Waals surface area contributed by atoms with Crippen molar-refractivity contribution in [2.45, 2.75) is 79.4 Å². The molecule has 0 aromatic rings. The normalized spacial score (nSPS) is 37.8. The first-order valence-electron chi connectivity index (χ1n) is 9.55. The van der Waals surface area contributed by atoms with Crippen molar-refractivity contribution in [2.75, 3.05) is 6.54 Å². The maximum absolute atomic E-state index is 12.8. The summed E-state index contributed by atoms with van der Waals surface area (Å²) in [4.78, 5) is 27.1. The molecule has 1 heterocycles. The third-order valence-electron chi connectivity index (χ3n) is 6.98. The molecule has 1 amide bonds. The number of hydrogen-bond acceptors (Lipinski definition) is 3. The molecule has 4 aliphatic rings. The second-order valence-electron chi connectivity index (χ2n) is 9.84. The van der Waals surface area contributed by atoms with Crippen LogP contribution in [0.4, 0.5) is 0 Å². The molecular formula is C20H33NO3. The molecule has 5 atom stereocenters. The number of ether oxygens (including phenoxy) is 1. The van der Waals surface area contributed by atoms with E-state index in [1.165, 1.54) is 6.42 Å². The number of rotatable bonds is 2. The lowest BCUT2D eigenvalue weighted by Crippen LogP contribution is -2.58. The van der Waals surface area contributed by atoms with Gasteiger partial charge in [-0.1, -0.05) is 41.5 Å². The van der Waals surface area contributed by atoms with Crippen LogP contribution in [0.15, 0.2) is 0 Å². The molecule has 136 valence electrons. The standard InChI is InChI=1S/C20H33NO3/c1-12-14-10-13(20(14,5)6)11-16(12)24-17(22)15-8-7-9-21(15)18(23)19(2,3)4/h12-16H,7-11H2,1-6H3/t12-,13+,14+,15-,16-/m0/s1. The van der Waals surface area contributed by atoms with Crippen LogP contribution in [0, 0.1) is 28.6 Å². The molecule has 0 spiro atoms. The van der Waals surface area contributed by atoms with Crippen molar-refractivity contribution < 1.29 is 14.3 Å². The SMILES string of the molecule is C[C@@H]1[C@@H](OC(=O)[C@@H]2CCCN2C(=O)C(C)(C)C)C[C@H]2C[C@H]1C2(C)C. The van der Waals surface area contributed by atoms with E-state index in [0.29, 0.717) is 29.7 Å². The Morgan fingerprint density at radius 2 is 1.83 bits per heavy atom. The zero-order valence-electron chi connectivity index (χ0n) is 16.1. The second-order valence-corrected chi connectivity index (χ2v) is 9.84. The molecule has 0 unspecified atom stereocenters. The van der Waals surface area contributed by atoms with Gasteiger partial charge in [0.05, 0.1) is 0 Å². The third kappa shape index (κ3) is 2.76. The van der Waals surface area contributed by atoms with Gasteiger partial charge in [0.2, 0.25) is 5.91 Å². The van der Waals surface area contributed by atoms with Crippen LogP contribution in [-0.2, 0) is 14.3 Å². The van der Waals surface area contributed by atoms with Crippen LogP contribution >= 0.6 is 0 Å². The number of amides is 1. The maximum Gasteiger partial charge on any atom is 0.329 e. The maximum atomic E-state index is 12.8. The summed E-state index contributed by atoms with van der Waals surface area (Å²) in [7, 11) is 0. The van der Waals surface area contributed by atoms with Crippen LogP contribution in [0.3, 0.4) is 0 Å². The van der Waals surface area contributed by atoms with Gasteiger partial charge in [0.1, 0.15) is 12.1 Å². The third-order valence-corrected chi connectivity index (χ3v) is 6.98. The van der Waals surface area contributed by atoms with E-state index in [-0.39, 0.29) is 24.0 Å². The number of nitrogens with zero attached hydrogens (tertiary/aromatic N) is 1. The first-order chi connectivity index (χ1) is 11.0. The van der Waals surface area contributed by atoms with Gasteiger partial charge in [-0.05, 0) is 48.9 Å². The minimum Gasteiger partial charge on any atom is -0.461 e. The summed E-state index contributed by atoms with van der Waals surface area (Å²) < 4.78 is 5.94. The number of carbonyl (C=O) groups is 2. The Morgan fingerprint density at radius 3 is 2.38 bits per heavy atom. The monoisotopic (exact) mass is 335 g/mol. The Morgan fingerprint density at radius 1 is 1.17 bits per heavy atom. The van der Waals surface area contributed by atoms with Crippen molar-refractivity contribution in [1.82, 2.24) is 4.90 Å². The summed E-state index contributed by atoms with van der Waals surface area (Å²) in [6.45, 7) is 13.3. The summed E-state index contributed by atoms with van der Waals surface area (Å²) in [5.74, 6) is 1.63. The Bertz CT molecular complexity index is 533. The second kappa shape index (κ2) is 5.74. The summed E-state index contributed by atoms with van der Waals surface area (Å²) in [5, 5.41) is 0. The Balaban J connectivity index is 1.64. The van der Waals surface area contributed by atoms with Crippen LogP contribution < -0.4 is 0 Å². The van der Waals surface area contributed by atoms with E-state index in [1.807, 2.05) is 20.8 Å². The van der Waals surface area contributed by atoms with Gasteiger partial charge in [-0.3, -0.25) is 4.79 Å². The Kier molecular flexibility index (Phi) is 4.25. The predicted molar refractivity (Wildman–Crippen MR) is 93.2 cm³/mol. The molecule has 2 bridgehead atoms. The number of likely N-dealkylation sites (tertiary alicyclic amines) is 1. The molecular weight excluding hydrogens is 302 g/mol. The van der Waals surface area contributed by atoms with E-state index < -0.39 is 5.41 Å². The summed E-state index contributed by atoms with van der Waals surface area (Å²) >= 11 is 0. The fourth-order valence-corrected chi connectivity index (χ4v) is 5.17. The summed E-state index contributed by atoms with van der Waals surface area (Å²) in [6.07, 6.45) is 3.91. The molecule has 1 aliphatic heterocycles. The zero-order chi connectivity index (χ0) is 17.9. The van der Waals surface area contributed by atoms with Crippen molar-refractivity contribution in [3.05, 3.63) is 0 Å². The van der Waals surface area contributed by atoms with E-state index in [4.69, 9.17) is 4.74 Å². The van der Waals surface area contributed by atoms with E-state index in [2.05, 4.69) is 20.8 Å². The van der Waals surface area contributed by atoms with Crippen LogP contribution in [0.2, 0.25) is 0 Å². The van der Waals surface area contributed by atoms with Gasteiger partial charge in [0.15, 0.2) is 0 Å². The predicted octanol–water partition coefficient (Wildman–Crippen LogP) is 3.64.